The molecule has 8 heteroatoms. The van der Waals surface area contributed by atoms with Gasteiger partial charge in [-0.15, -0.1) is 0 Å². The molecular weight excluding hydrogens is 256 g/mol. The molecule has 18 heavy (non-hydrogen) atoms. The lowest BCUT2D eigenvalue weighted by atomic mass is 10.2. The van der Waals surface area contributed by atoms with Crippen LogP contribution in [-0.4, -0.2) is 47.1 Å². The van der Waals surface area contributed by atoms with Gasteiger partial charge >= 0.3 is 0 Å². The van der Waals surface area contributed by atoms with Crippen molar-refractivity contribution >= 4 is 30.4 Å². The largest absolute Gasteiger partial charge is 0.368 e. The number of nitrogens with zero attached hydrogens (tertiary/aromatic N) is 1. The van der Waals surface area contributed by atoms with Crippen LogP contribution in [0.3, 0.4) is 0 Å². The Morgan fingerprint density at radius 2 is 2.33 bits per heavy atom. The van der Waals surface area contributed by atoms with Crippen LogP contribution in [0.25, 0.3) is 0 Å². The molecule has 0 saturated carbocycles. The van der Waals surface area contributed by atoms with E-state index in [1.54, 1.807) is 6.92 Å². The fraction of sp³-hybridized carbons (Fsp3) is 0.700. The Labute approximate surface area is 111 Å². The molecular formula is C10H18N4O3S. The van der Waals surface area contributed by atoms with Gasteiger partial charge in [0, 0.05) is 13.0 Å². The molecule has 1 aliphatic heterocycles. The Balaban J connectivity index is 2.53. The Bertz CT molecular complexity index is 350. The molecule has 0 spiro atoms. The highest BCUT2D eigenvalue weighted by atomic mass is 32.1. The molecule has 0 bridgehead atoms. The van der Waals surface area contributed by atoms with Crippen LogP contribution in [0.5, 0.6) is 0 Å². The number of carbonyl (C=O) groups excluding carboxylic acids is 3. The molecule has 1 fully saturated rings. The summed E-state index contributed by atoms with van der Waals surface area (Å²) in [6.07, 6.45) is 0.681. The second-order valence-corrected chi connectivity index (χ2v) is 4.40. The van der Waals surface area contributed by atoms with E-state index in [-0.39, 0.29) is 30.0 Å². The number of nitrogens with one attached hydrogen (secondary N) is 2. The average Bonchev–Trinajstić information content (AvgIpc) is 2.68. The zero-order valence-electron chi connectivity index (χ0n) is 10.2. The van der Waals surface area contributed by atoms with E-state index in [0.29, 0.717) is 13.0 Å². The lowest BCUT2D eigenvalue weighted by Gasteiger charge is -2.24. The highest BCUT2D eigenvalue weighted by Crippen LogP contribution is 2.12. The highest BCUT2D eigenvalue weighted by Gasteiger charge is 2.35. The minimum atomic E-state index is -0.650. The smallest absolute Gasteiger partial charge is 0.241 e. The van der Waals surface area contributed by atoms with E-state index >= 15 is 0 Å². The van der Waals surface area contributed by atoms with Gasteiger partial charge < -0.3 is 11.1 Å². The number of carbonyl (C=O) groups is 3. The predicted molar refractivity (Wildman–Crippen MR) is 68.5 cm³/mol. The van der Waals surface area contributed by atoms with Gasteiger partial charge in [0.2, 0.25) is 17.7 Å². The minimum Gasteiger partial charge on any atom is -0.368 e. The average molecular weight is 274 g/mol. The molecule has 2 atom stereocenters. The SMILES string of the molecule is CC[C@H](C(N)=O)N1NC(CNC(=O)CS)CC1=O. The van der Waals surface area contributed by atoms with Crippen molar-refractivity contribution in [1.82, 2.24) is 15.8 Å². The van der Waals surface area contributed by atoms with Gasteiger partial charge in [-0.3, -0.25) is 19.4 Å². The third-order valence-corrected chi connectivity index (χ3v) is 3.01. The van der Waals surface area contributed by atoms with Crippen molar-refractivity contribution in [3.63, 3.8) is 0 Å². The molecule has 4 N–H and O–H groups in total. The summed E-state index contributed by atoms with van der Waals surface area (Å²) in [4.78, 5) is 34.0. The van der Waals surface area contributed by atoms with E-state index in [0.717, 1.165) is 0 Å². The molecule has 0 aromatic carbocycles. The maximum absolute atomic E-state index is 11.7. The quantitative estimate of drug-likeness (QED) is 0.438. The number of hydrazine groups is 1. The number of nitrogens with two attached hydrogens (primary N) is 1. The lowest BCUT2D eigenvalue weighted by Crippen LogP contribution is -2.52. The number of hydrogen-bond donors (Lipinski definition) is 4. The number of amides is 3. The third kappa shape index (κ3) is 3.61. The summed E-state index contributed by atoms with van der Waals surface area (Å²) in [5, 5.41) is 3.89. The summed E-state index contributed by atoms with van der Waals surface area (Å²) in [5.41, 5.74) is 8.12. The van der Waals surface area contributed by atoms with E-state index in [4.69, 9.17) is 5.73 Å². The summed E-state index contributed by atoms with van der Waals surface area (Å²) < 4.78 is 0. The molecule has 1 heterocycles. The maximum Gasteiger partial charge on any atom is 0.241 e. The monoisotopic (exact) mass is 274 g/mol. The molecule has 0 aromatic rings. The van der Waals surface area contributed by atoms with Crippen molar-refractivity contribution in [1.29, 1.82) is 0 Å². The summed E-state index contributed by atoms with van der Waals surface area (Å²) in [6.45, 7) is 2.09. The van der Waals surface area contributed by atoms with Crippen LogP contribution in [-0.2, 0) is 14.4 Å². The second-order valence-electron chi connectivity index (χ2n) is 4.08. The summed E-state index contributed by atoms with van der Waals surface area (Å²) in [7, 11) is 0. The maximum atomic E-state index is 11.7. The first-order valence-electron chi connectivity index (χ1n) is 5.74. The molecule has 0 aliphatic carbocycles. The van der Waals surface area contributed by atoms with Crippen LogP contribution < -0.4 is 16.5 Å². The van der Waals surface area contributed by atoms with Gasteiger partial charge in [-0.05, 0) is 6.42 Å². The Morgan fingerprint density at radius 3 is 2.83 bits per heavy atom. The number of thiol groups is 1. The van der Waals surface area contributed by atoms with Crippen LogP contribution in [0.4, 0.5) is 0 Å². The topological polar surface area (TPSA) is 105 Å². The molecule has 1 aliphatic rings. The van der Waals surface area contributed by atoms with Crippen LogP contribution in [0.1, 0.15) is 19.8 Å². The Morgan fingerprint density at radius 1 is 1.67 bits per heavy atom. The Hall–Kier alpha value is -1.28. The van der Waals surface area contributed by atoms with Gasteiger partial charge in [-0.2, -0.15) is 12.6 Å². The van der Waals surface area contributed by atoms with Crippen LogP contribution in [0, 0.1) is 0 Å². The summed E-state index contributed by atoms with van der Waals surface area (Å²) in [6, 6.07) is -0.863. The zero-order valence-corrected chi connectivity index (χ0v) is 11.1. The van der Waals surface area contributed by atoms with Crippen LogP contribution in [0.2, 0.25) is 0 Å². The van der Waals surface area contributed by atoms with Crippen LogP contribution >= 0.6 is 12.6 Å². The van der Waals surface area contributed by atoms with E-state index < -0.39 is 11.9 Å². The first kappa shape index (κ1) is 14.8. The first-order chi connectivity index (χ1) is 8.49. The van der Waals surface area contributed by atoms with E-state index in [9.17, 15) is 14.4 Å². The second kappa shape index (κ2) is 6.60. The molecule has 7 nitrogen and oxygen atoms in total. The molecule has 0 radical (unpaired) electrons. The fourth-order valence-corrected chi connectivity index (χ4v) is 1.92. The van der Waals surface area contributed by atoms with Crippen molar-refractivity contribution in [2.24, 2.45) is 5.73 Å². The molecule has 1 saturated heterocycles. The Kier molecular flexibility index (Phi) is 5.42. The fourth-order valence-electron chi connectivity index (χ4n) is 1.81. The third-order valence-electron chi connectivity index (χ3n) is 2.73. The van der Waals surface area contributed by atoms with Crippen LogP contribution in [0.15, 0.2) is 0 Å². The van der Waals surface area contributed by atoms with Crippen molar-refractivity contribution < 1.29 is 14.4 Å². The zero-order chi connectivity index (χ0) is 13.7. The van der Waals surface area contributed by atoms with Gasteiger partial charge in [0.15, 0.2) is 0 Å². The standard InChI is InChI=1S/C10H18N4O3S/c1-2-7(10(11)17)14-9(16)3-6(13-14)4-12-8(15)5-18/h6-7,13,18H,2-5H2,1H3,(H2,11,17)(H,12,15)/t6?,7-/m1/s1. The summed E-state index contributed by atoms with van der Waals surface area (Å²) >= 11 is 3.83. The van der Waals surface area contributed by atoms with Crippen molar-refractivity contribution in [2.45, 2.75) is 31.8 Å². The summed E-state index contributed by atoms with van der Waals surface area (Å²) in [5.74, 6) is -0.833. The molecule has 3 amide bonds. The number of hydrogen-bond acceptors (Lipinski definition) is 5. The number of rotatable bonds is 6. The van der Waals surface area contributed by atoms with Gasteiger partial charge in [-0.1, -0.05) is 6.92 Å². The van der Waals surface area contributed by atoms with Gasteiger partial charge in [0.1, 0.15) is 6.04 Å². The highest BCUT2D eigenvalue weighted by molar-refractivity contribution is 7.81. The van der Waals surface area contributed by atoms with Crippen molar-refractivity contribution in [3.8, 4) is 0 Å². The molecule has 102 valence electrons. The molecule has 1 rings (SSSR count). The molecule has 0 aromatic heterocycles. The normalized spacial score (nSPS) is 20.9. The predicted octanol–water partition coefficient (Wildman–Crippen LogP) is -1.60. The van der Waals surface area contributed by atoms with E-state index in [2.05, 4.69) is 23.4 Å². The van der Waals surface area contributed by atoms with E-state index in [1.165, 1.54) is 5.01 Å². The molecule has 1 unspecified atom stereocenters. The van der Waals surface area contributed by atoms with Gasteiger partial charge in [0.05, 0.1) is 11.8 Å². The van der Waals surface area contributed by atoms with Gasteiger partial charge in [-0.25, -0.2) is 5.43 Å². The first-order valence-corrected chi connectivity index (χ1v) is 6.38. The minimum absolute atomic E-state index is 0.100. The number of primary amides is 1. The van der Waals surface area contributed by atoms with Crippen molar-refractivity contribution in [2.75, 3.05) is 12.3 Å². The van der Waals surface area contributed by atoms with Crippen molar-refractivity contribution in [3.05, 3.63) is 0 Å². The lowest BCUT2D eigenvalue weighted by molar-refractivity contribution is -0.138. The van der Waals surface area contributed by atoms with E-state index in [1.807, 2.05) is 0 Å². The van der Waals surface area contributed by atoms with Gasteiger partial charge in [0.25, 0.3) is 0 Å².